The van der Waals surface area contributed by atoms with Crippen molar-refractivity contribution in [2.75, 3.05) is 25.0 Å². The predicted octanol–water partition coefficient (Wildman–Crippen LogP) is 3.04. The molecule has 1 heterocycles. The number of anilines is 1. The summed E-state index contributed by atoms with van der Waals surface area (Å²) in [4.78, 5) is 24.8. The maximum atomic E-state index is 12.4. The number of piperidine rings is 1. The lowest BCUT2D eigenvalue weighted by Gasteiger charge is -2.28. The van der Waals surface area contributed by atoms with Gasteiger partial charge in [0.2, 0.25) is 5.91 Å². The first kappa shape index (κ1) is 19.4. The molecule has 1 aromatic carbocycles. The molecule has 138 valence electrons. The highest BCUT2D eigenvalue weighted by atomic mass is 16.2. The Kier molecular flexibility index (Phi) is 7.44. The summed E-state index contributed by atoms with van der Waals surface area (Å²) in [5, 5.41) is 9.20. The lowest BCUT2D eigenvalue weighted by Crippen LogP contribution is -2.32. The number of hydrogen-bond acceptors (Lipinski definition) is 3. The Bertz CT molecular complexity index is 580. The van der Waals surface area contributed by atoms with Crippen molar-refractivity contribution in [3.8, 4) is 0 Å². The first-order valence-corrected chi connectivity index (χ1v) is 9.35. The van der Waals surface area contributed by atoms with E-state index in [1.807, 2.05) is 12.1 Å². The number of amides is 2. The highest BCUT2D eigenvalue weighted by Crippen LogP contribution is 2.25. The molecule has 1 unspecified atom stereocenters. The summed E-state index contributed by atoms with van der Waals surface area (Å²) in [6, 6.07) is 7.20. The van der Waals surface area contributed by atoms with Gasteiger partial charge >= 0.3 is 0 Å². The minimum atomic E-state index is -0.143. The lowest BCUT2D eigenvalue weighted by atomic mass is 9.84. The van der Waals surface area contributed by atoms with Gasteiger partial charge in [0.05, 0.1) is 11.3 Å². The van der Waals surface area contributed by atoms with Crippen LogP contribution in [0.5, 0.6) is 0 Å². The van der Waals surface area contributed by atoms with Gasteiger partial charge in [-0.2, -0.15) is 0 Å². The summed E-state index contributed by atoms with van der Waals surface area (Å²) in [6.45, 7) is 8.95. The largest absolute Gasteiger partial charge is 0.352 e. The monoisotopic (exact) mass is 345 g/mol. The third kappa shape index (κ3) is 6.16. The van der Waals surface area contributed by atoms with E-state index in [9.17, 15) is 9.59 Å². The Hall–Kier alpha value is -1.88. The van der Waals surface area contributed by atoms with Crippen LogP contribution >= 0.6 is 0 Å². The van der Waals surface area contributed by atoms with Crippen LogP contribution in [0.25, 0.3) is 0 Å². The number of benzene rings is 1. The Morgan fingerprint density at radius 1 is 1.16 bits per heavy atom. The fourth-order valence-corrected chi connectivity index (χ4v) is 3.26. The molecule has 2 amide bonds. The molecule has 0 radical (unpaired) electrons. The van der Waals surface area contributed by atoms with Crippen LogP contribution in [-0.4, -0.2) is 31.4 Å². The van der Waals surface area contributed by atoms with E-state index < -0.39 is 0 Å². The van der Waals surface area contributed by atoms with E-state index in [1.165, 1.54) is 0 Å². The molecule has 3 N–H and O–H groups in total. The van der Waals surface area contributed by atoms with Gasteiger partial charge in [-0.15, -0.1) is 0 Å². The van der Waals surface area contributed by atoms with Crippen molar-refractivity contribution in [1.82, 2.24) is 10.6 Å². The molecule has 1 aliphatic rings. The van der Waals surface area contributed by atoms with Gasteiger partial charge in [-0.1, -0.05) is 32.9 Å². The number of carbonyl (C=O) groups excluding carboxylic acids is 2. The van der Waals surface area contributed by atoms with Crippen molar-refractivity contribution in [3.63, 3.8) is 0 Å². The predicted molar refractivity (Wildman–Crippen MR) is 102 cm³/mol. The summed E-state index contributed by atoms with van der Waals surface area (Å²) in [6.07, 6.45) is 2.75. The third-order valence-corrected chi connectivity index (χ3v) is 4.81. The molecule has 0 aliphatic carbocycles. The van der Waals surface area contributed by atoms with Crippen LogP contribution in [0, 0.1) is 17.8 Å². The minimum absolute atomic E-state index is 0.0184. The van der Waals surface area contributed by atoms with Gasteiger partial charge in [-0.25, -0.2) is 0 Å². The molecule has 25 heavy (non-hydrogen) atoms. The second-order valence-electron chi connectivity index (χ2n) is 7.47. The SMILES string of the molecule is CC(C)CNC(=O)c1ccccc1NC(=O)CC(C)C1CCNCC1. The zero-order chi connectivity index (χ0) is 18.2. The van der Waals surface area contributed by atoms with Crippen molar-refractivity contribution in [1.29, 1.82) is 0 Å². The van der Waals surface area contributed by atoms with Gasteiger partial charge in [-0.3, -0.25) is 9.59 Å². The van der Waals surface area contributed by atoms with Crippen molar-refractivity contribution in [2.24, 2.45) is 17.8 Å². The summed E-state index contributed by atoms with van der Waals surface area (Å²) < 4.78 is 0. The number of nitrogens with one attached hydrogen (secondary N) is 3. The van der Waals surface area contributed by atoms with Gasteiger partial charge < -0.3 is 16.0 Å². The Labute approximate surface area is 151 Å². The van der Waals surface area contributed by atoms with E-state index in [-0.39, 0.29) is 11.8 Å². The van der Waals surface area contributed by atoms with Crippen LogP contribution < -0.4 is 16.0 Å². The highest BCUT2D eigenvalue weighted by molar-refractivity contribution is 6.03. The maximum Gasteiger partial charge on any atom is 0.253 e. The molecule has 1 saturated heterocycles. The smallest absolute Gasteiger partial charge is 0.253 e. The minimum Gasteiger partial charge on any atom is -0.352 e. The number of para-hydroxylation sites is 1. The highest BCUT2D eigenvalue weighted by Gasteiger charge is 2.22. The molecular weight excluding hydrogens is 314 g/mol. The molecule has 1 aliphatic heterocycles. The van der Waals surface area contributed by atoms with E-state index in [0.717, 1.165) is 25.9 Å². The number of rotatable bonds is 7. The topological polar surface area (TPSA) is 70.2 Å². The van der Waals surface area contributed by atoms with E-state index in [4.69, 9.17) is 0 Å². The maximum absolute atomic E-state index is 12.4. The van der Waals surface area contributed by atoms with Crippen LogP contribution in [0.15, 0.2) is 24.3 Å². The van der Waals surface area contributed by atoms with Crippen LogP contribution in [0.3, 0.4) is 0 Å². The third-order valence-electron chi connectivity index (χ3n) is 4.81. The molecule has 1 aromatic rings. The fourth-order valence-electron chi connectivity index (χ4n) is 3.26. The second kappa shape index (κ2) is 9.56. The molecule has 0 aromatic heterocycles. The van der Waals surface area contributed by atoms with Gasteiger partial charge in [0.1, 0.15) is 0 Å². The van der Waals surface area contributed by atoms with Crippen molar-refractivity contribution < 1.29 is 9.59 Å². The molecule has 0 bridgehead atoms. The Morgan fingerprint density at radius 3 is 2.52 bits per heavy atom. The standard InChI is InChI=1S/C20H31N3O2/c1-14(2)13-22-20(25)17-6-4-5-7-18(17)23-19(24)12-15(3)16-8-10-21-11-9-16/h4-7,14-16,21H,8-13H2,1-3H3,(H,22,25)(H,23,24). The average Bonchev–Trinajstić information content (AvgIpc) is 2.60. The quantitative estimate of drug-likeness (QED) is 0.711. The van der Waals surface area contributed by atoms with Gasteiger partial charge in [0.15, 0.2) is 0 Å². The Balaban J connectivity index is 1.94. The molecule has 2 rings (SSSR count). The van der Waals surface area contributed by atoms with Crippen molar-refractivity contribution in [3.05, 3.63) is 29.8 Å². The number of hydrogen-bond donors (Lipinski definition) is 3. The van der Waals surface area contributed by atoms with E-state index in [0.29, 0.717) is 42.0 Å². The van der Waals surface area contributed by atoms with E-state index in [1.54, 1.807) is 12.1 Å². The summed E-state index contributed by atoms with van der Waals surface area (Å²) >= 11 is 0. The average molecular weight is 345 g/mol. The normalized spacial score (nSPS) is 16.5. The van der Waals surface area contributed by atoms with E-state index >= 15 is 0 Å². The van der Waals surface area contributed by atoms with Crippen LogP contribution in [0.4, 0.5) is 5.69 Å². The van der Waals surface area contributed by atoms with E-state index in [2.05, 4.69) is 36.7 Å². The fraction of sp³-hybridized carbons (Fsp3) is 0.600. The van der Waals surface area contributed by atoms with Crippen LogP contribution in [0.2, 0.25) is 0 Å². The van der Waals surface area contributed by atoms with Gasteiger partial charge in [0, 0.05) is 13.0 Å². The first-order chi connectivity index (χ1) is 12.0. The van der Waals surface area contributed by atoms with Crippen molar-refractivity contribution in [2.45, 2.75) is 40.0 Å². The van der Waals surface area contributed by atoms with Gasteiger partial charge in [-0.05, 0) is 55.8 Å². The van der Waals surface area contributed by atoms with Crippen LogP contribution in [0.1, 0.15) is 50.4 Å². The Morgan fingerprint density at radius 2 is 1.84 bits per heavy atom. The molecule has 1 atom stereocenters. The van der Waals surface area contributed by atoms with Crippen molar-refractivity contribution >= 4 is 17.5 Å². The summed E-state index contributed by atoms with van der Waals surface area (Å²) in [7, 11) is 0. The number of carbonyl (C=O) groups is 2. The first-order valence-electron chi connectivity index (χ1n) is 9.35. The summed E-state index contributed by atoms with van der Waals surface area (Å²) in [5.74, 6) is 1.17. The summed E-state index contributed by atoms with van der Waals surface area (Å²) in [5.41, 5.74) is 1.11. The molecule has 5 nitrogen and oxygen atoms in total. The zero-order valence-electron chi connectivity index (χ0n) is 15.6. The lowest BCUT2D eigenvalue weighted by molar-refractivity contribution is -0.117. The molecule has 0 spiro atoms. The molecule has 0 saturated carbocycles. The molecule has 1 fully saturated rings. The zero-order valence-corrected chi connectivity index (χ0v) is 15.6. The molecular formula is C20H31N3O2. The second-order valence-corrected chi connectivity index (χ2v) is 7.47. The van der Waals surface area contributed by atoms with Gasteiger partial charge in [0.25, 0.3) is 5.91 Å². The molecule has 5 heteroatoms. The van der Waals surface area contributed by atoms with Crippen LogP contribution in [-0.2, 0) is 4.79 Å².